The van der Waals surface area contributed by atoms with Crippen molar-refractivity contribution in [2.24, 2.45) is 0 Å². The number of hydrogen-bond donors (Lipinski definition) is 0. The van der Waals surface area contributed by atoms with Gasteiger partial charge in [0.2, 0.25) is 0 Å². The SMILES string of the molecule is CCOC(=O)CN(C)c1ncccc1OC. The normalized spacial score (nSPS) is 9.69. The van der Waals surface area contributed by atoms with Crippen molar-refractivity contribution in [1.82, 2.24) is 4.98 Å². The van der Waals surface area contributed by atoms with Crippen molar-refractivity contribution in [2.45, 2.75) is 6.92 Å². The van der Waals surface area contributed by atoms with Crippen LogP contribution in [0, 0.1) is 0 Å². The highest BCUT2D eigenvalue weighted by molar-refractivity contribution is 5.75. The van der Waals surface area contributed by atoms with Gasteiger partial charge in [0, 0.05) is 13.2 Å². The summed E-state index contributed by atoms with van der Waals surface area (Å²) in [4.78, 5) is 17.1. The quantitative estimate of drug-likeness (QED) is 0.701. The second kappa shape index (κ2) is 5.95. The van der Waals surface area contributed by atoms with Crippen LogP contribution in [0.3, 0.4) is 0 Å². The largest absolute Gasteiger partial charge is 0.493 e. The van der Waals surface area contributed by atoms with Crippen molar-refractivity contribution in [1.29, 1.82) is 0 Å². The number of hydrogen-bond acceptors (Lipinski definition) is 5. The molecule has 0 saturated heterocycles. The first kappa shape index (κ1) is 12.3. The van der Waals surface area contributed by atoms with Gasteiger partial charge in [-0.25, -0.2) is 4.98 Å². The van der Waals surface area contributed by atoms with E-state index in [0.29, 0.717) is 18.2 Å². The van der Waals surface area contributed by atoms with Crippen LogP contribution in [-0.4, -0.2) is 38.3 Å². The van der Waals surface area contributed by atoms with Crippen LogP contribution in [0.25, 0.3) is 0 Å². The summed E-state index contributed by atoms with van der Waals surface area (Å²) in [6, 6.07) is 3.57. The molecule has 0 aliphatic rings. The molecule has 88 valence electrons. The number of carbonyl (C=O) groups is 1. The molecule has 1 aromatic heterocycles. The molecule has 0 amide bonds. The molecule has 0 aliphatic carbocycles. The summed E-state index contributed by atoms with van der Waals surface area (Å²) < 4.78 is 10.0. The van der Waals surface area contributed by atoms with Gasteiger partial charge in [-0.05, 0) is 19.1 Å². The van der Waals surface area contributed by atoms with E-state index in [1.165, 1.54) is 0 Å². The zero-order chi connectivity index (χ0) is 12.0. The van der Waals surface area contributed by atoms with Crippen molar-refractivity contribution >= 4 is 11.8 Å². The smallest absolute Gasteiger partial charge is 0.325 e. The number of carbonyl (C=O) groups excluding carboxylic acids is 1. The first-order chi connectivity index (χ1) is 7.69. The van der Waals surface area contributed by atoms with E-state index in [1.807, 2.05) is 0 Å². The summed E-state index contributed by atoms with van der Waals surface area (Å²) in [5.41, 5.74) is 0. The van der Waals surface area contributed by atoms with Gasteiger partial charge in [-0.2, -0.15) is 0 Å². The molecule has 0 atom stereocenters. The van der Waals surface area contributed by atoms with Gasteiger partial charge in [-0.3, -0.25) is 4.79 Å². The number of ether oxygens (including phenoxy) is 2. The molecular weight excluding hydrogens is 208 g/mol. The van der Waals surface area contributed by atoms with E-state index in [9.17, 15) is 4.79 Å². The third kappa shape index (κ3) is 3.12. The molecule has 1 aromatic rings. The summed E-state index contributed by atoms with van der Waals surface area (Å²) in [5, 5.41) is 0. The van der Waals surface area contributed by atoms with Crippen LogP contribution in [-0.2, 0) is 9.53 Å². The van der Waals surface area contributed by atoms with Crippen molar-refractivity contribution < 1.29 is 14.3 Å². The van der Waals surface area contributed by atoms with Gasteiger partial charge in [0.25, 0.3) is 0 Å². The average molecular weight is 224 g/mol. The van der Waals surface area contributed by atoms with E-state index >= 15 is 0 Å². The maximum atomic E-state index is 11.3. The highest BCUT2D eigenvalue weighted by atomic mass is 16.5. The van der Waals surface area contributed by atoms with Gasteiger partial charge < -0.3 is 14.4 Å². The molecule has 5 nitrogen and oxygen atoms in total. The minimum Gasteiger partial charge on any atom is -0.493 e. The lowest BCUT2D eigenvalue weighted by atomic mass is 10.4. The van der Waals surface area contributed by atoms with Gasteiger partial charge >= 0.3 is 5.97 Å². The number of anilines is 1. The Labute approximate surface area is 95.0 Å². The Bertz CT molecular complexity index is 355. The maximum absolute atomic E-state index is 11.3. The fourth-order valence-corrected chi connectivity index (χ4v) is 1.30. The highest BCUT2D eigenvalue weighted by Gasteiger charge is 2.12. The molecule has 0 aromatic carbocycles. The maximum Gasteiger partial charge on any atom is 0.325 e. The molecule has 1 rings (SSSR count). The number of aromatic nitrogens is 1. The average Bonchev–Trinajstić information content (AvgIpc) is 2.29. The van der Waals surface area contributed by atoms with E-state index in [-0.39, 0.29) is 12.5 Å². The molecule has 1 heterocycles. The number of likely N-dealkylation sites (N-methyl/N-ethyl adjacent to an activating group) is 1. The van der Waals surface area contributed by atoms with Crippen LogP contribution in [0.15, 0.2) is 18.3 Å². The van der Waals surface area contributed by atoms with Crippen molar-refractivity contribution in [3.63, 3.8) is 0 Å². The van der Waals surface area contributed by atoms with E-state index < -0.39 is 0 Å². The molecule has 0 N–H and O–H groups in total. The van der Waals surface area contributed by atoms with Crippen LogP contribution in [0.1, 0.15) is 6.92 Å². The minimum atomic E-state index is -0.280. The summed E-state index contributed by atoms with van der Waals surface area (Å²) in [7, 11) is 3.33. The van der Waals surface area contributed by atoms with Crippen LogP contribution in [0.5, 0.6) is 5.75 Å². The topological polar surface area (TPSA) is 51.7 Å². The first-order valence-electron chi connectivity index (χ1n) is 5.04. The van der Waals surface area contributed by atoms with E-state index in [1.54, 1.807) is 44.3 Å². The third-order valence-electron chi connectivity index (χ3n) is 2.00. The molecule has 16 heavy (non-hydrogen) atoms. The lowest BCUT2D eigenvalue weighted by molar-refractivity contribution is -0.141. The van der Waals surface area contributed by atoms with E-state index in [2.05, 4.69) is 4.98 Å². The zero-order valence-corrected chi connectivity index (χ0v) is 9.77. The summed E-state index contributed by atoms with van der Waals surface area (Å²) >= 11 is 0. The highest BCUT2D eigenvalue weighted by Crippen LogP contribution is 2.23. The number of esters is 1. The van der Waals surface area contributed by atoms with Gasteiger partial charge in [0.1, 0.15) is 6.54 Å². The van der Waals surface area contributed by atoms with Gasteiger partial charge in [0.15, 0.2) is 11.6 Å². The Morgan fingerprint density at radius 1 is 1.56 bits per heavy atom. The first-order valence-corrected chi connectivity index (χ1v) is 5.04. The second-order valence-electron chi connectivity index (χ2n) is 3.19. The second-order valence-corrected chi connectivity index (χ2v) is 3.19. The Balaban J connectivity index is 2.72. The fraction of sp³-hybridized carbons (Fsp3) is 0.455. The standard InChI is InChI=1S/C11H16N2O3/c1-4-16-10(14)8-13(2)11-9(15-3)6-5-7-12-11/h5-7H,4,8H2,1-3H3. The molecular formula is C11H16N2O3. The third-order valence-corrected chi connectivity index (χ3v) is 2.00. The zero-order valence-electron chi connectivity index (χ0n) is 9.77. The van der Waals surface area contributed by atoms with Gasteiger partial charge in [-0.15, -0.1) is 0 Å². The number of nitrogens with zero attached hydrogens (tertiary/aromatic N) is 2. The molecule has 0 unspecified atom stereocenters. The predicted molar refractivity (Wildman–Crippen MR) is 60.7 cm³/mol. The predicted octanol–water partition coefficient (Wildman–Crippen LogP) is 1.09. The summed E-state index contributed by atoms with van der Waals surface area (Å²) in [6.45, 7) is 2.31. The molecule has 0 bridgehead atoms. The Kier molecular flexibility index (Phi) is 4.57. The monoisotopic (exact) mass is 224 g/mol. The number of pyridine rings is 1. The molecule has 0 spiro atoms. The Morgan fingerprint density at radius 3 is 2.94 bits per heavy atom. The van der Waals surface area contributed by atoms with E-state index in [4.69, 9.17) is 9.47 Å². The van der Waals surface area contributed by atoms with Gasteiger partial charge in [0.05, 0.1) is 13.7 Å². The lowest BCUT2D eigenvalue weighted by Crippen LogP contribution is -2.28. The van der Waals surface area contributed by atoms with Crippen LogP contribution >= 0.6 is 0 Å². The van der Waals surface area contributed by atoms with Gasteiger partial charge in [-0.1, -0.05) is 0 Å². The number of rotatable bonds is 5. The Morgan fingerprint density at radius 2 is 2.31 bits per heavy atom. The number of methoxy groups -OCH3 is 1. The molecule has 0 saturated carbocycles. The lowest BCUT2D eigenvalue weighted by Gasteiger charge is -2.18. The summed E-state index contributed by atoms with van der Waals surface area (Å²) in [6.07, 6.45) is 1.65. The molecule has 5 heteroatoms. The molecule has 0 aliphatic heterocycles. The van der Waals surface area contributed by atoms with E-state index in [0.717, 1.165) is 0 Å². The van der Waals surface area contributed by atoms with Crippen LogP contribution in [0.2, 0.25) is 0 Å². The summed E-state index contributed by atoms with van der Waals surface area (Å²) in [5.74, 6) is 0.977. The molecule has 0 fully saturated rings. The fourth-order valence-electron chi connectivity index (χ4n) is 1.30. The van der Waals surface area contributed by atoms with Crippen molar-refractivity contribution in [2.75, 3.05) is 32.2 Å². The van der Waals surface area contributed by atoms with Crippen LogP contribution < -0.4 is 9.64 Å². The Hall–Kier alpha value is -1.78. The minimum absolute atomic E-state index is 0.154. The van der Waals surface area contributed by atoms with Crippen LogP contribution in [0.4, 0.5) is 5.82 Å². The van der Waals surface area contributed by atoms with Crippen molar-refractivity contribution in [3.05, 3.63) is 18.3 Å². The van der Waals surface area contributed by atoms with Crippen molar-refractivity contribution in [3.8, 4) is 5.75 Å². The molecule has 0 radical (unpaired) electrons.